The molecule has 1 heterocycles. The van der Waals surface area contributed by atoms with Crippen molar-refractivity contribution in [3.05, 3.63) is 77.2 Å². The molecule has 3 rings (SSSR count). The molecule has 152 valence electrons. The maximum absolute atomic E-state index is 12.7. The summed E-state index contributed by atoms with van der Waals surface area (Å²) >= 11 is 0. The third kappa shape index (κ3) is 5.48. The highest BCUT2D eigenvalue weighted by molar-refractivity contribution is 5.54. The third-order valence-corrected chi connectivity index (χ3v) is 4.15. The number of benzene rings is 2. The van der Waals surface area contributed by atoms with Gasteiger partial charge in [-0.25, -0.2) is 4.98 Å². The molecule has 4 nitrogen and oxygen atoms in total. The summed E-state index contributed by atoms with van der Waals surface area (Å²) in [6, 6.07) is 12.0. The van der Waals surface area contributed by atoms with Gasteiger partial charge in [-0.05, 0) is 55.8 Å². The monoisotopic (exact) mass is 403 g/mol. The summed E-state index contributed by atoms with van der Waals surface area (Å²) in [5, 5.41) is 9.32. The van der Waals surface area contributed by atoms with Crippen LogP contribution in [0.25, 0.3) is 17.5 Å². The van der Waals surface area contributed by atoms with Crippen molar-refractivity contribution in [2.75, 3.05) is 0 Å². The first-order chi connectivity index (χ1) is 13.7. The van der Waals surface area contributed by atoms with Crippen LogP contribution in [0.15, 0.2) is 59.0 Å². The predicted molar refractivity (Wildman–Crippen MR) is 103 cm³/mol. The number of oxazole rings is 1. The molecule has 0 bridgehead atoms. The molecule has 2 aromatic carbocycles. The van der Waals surface area contributed by atoms with Gasteiger partial charge in [-0.3, -0.25) is 0 Å². The Morgan fingerprint density at radius 1 is 1.17 bits per heavy atom. The number of halogens is 3. The quantitative estimate of drug-likeness (QED) is 0.579. The van der Waals surface area contributed by atoms with Gasteiger partial charge in [0.2, 0.25) is 5.89 Å². The van der Waals surface area contributed by atoms with Crippen LogP contribution in [0.1, 0.15) is 29.5 Å². The largest absolute Gasteiger partial charge is 0.487 e. The van der Waals surface area contributed by atoms with E-state index < -0.39 is 17.8 Å². The van der Waals surface area contributed by atoms with Gasteiger partial charge in [0.25, 0.3) is 0 Å². The van der Waals surface area contributed by atoms with Gasteiger partial charge >= 0.3 is 6.18 Å². The molecule has 0 aliphatic rings. The zero-order chi connectivity index (χ0) is 21.0. The number of hydrogen-bond donors (Lipinski definition) is 1. The minimum atomic E-state index is -4.39. The van der Waals surface area contributed by atoms with Crippen molar-refractivity contribution < 1.29 is 27.4 Å². The fraction of sp³-hybridized carbons (Fsp3) is 0.227. The number of hydrogen-bond acceptors (Lipinski definition) is 4. The van der Waals surface area contributed by atoms with Gasteiger partial charge in [-0.1, -0.05) is 24.3 Å². The number of aryl methyl sites for hydroxylation is 1. The van der Waals surface area contributed by atoms with Gasteiger partial charge in [-0.15, -0.1) is 0 Å². The van der Waals surface area contributed by atoms with Crippen LogP contribution in [0, 0.1) is 6.92 Å². The summed E-state index contributed by atoms with van der Waals surface area (Å²) in [6.07, 6.45) is -1.47. The first-order valence-electron chi connectivity index (χ1n) is 8.95. The molecule has 0 spiro atoms. The second kappa shape index (κ2) is 8.53. The van der Waals surface area contributed by atoms with E-state index in [9.17, 15) is 18.3 Å². The molecule has 0 aliphatic carbocycles. The summed E-state index contributed by atoms with van der Waals surface area (Å²) in [4.78, 5) is 4.35. The van der Waals surface area contributed by atoms with Crippen molar-refractivity contribution in [1.82, 2.24) is 4.98 Å². The molecule has 1 unspecified atom stereocenters. The SMILES string of the molecule is Cc1oc(-c2ccc(C(F)(F)F)cc2)nc1COc1cccc(C=CC(C)O)c1. The molecule has 0 saturated carbocycles. The number of aliphatic hydroxyl groups is 1. The van der Waals surface area contributed by atoms with Crippen LogP contribution < -0.4 is 4.74 Å². The van der Waals surface area contributed by atoms with Crippen molar-refractivity contribution in [2.45, 2.75) is 32.7 Å². The number of aromatic nitrogens is 1. The number of aliphatic hydroxyl groups excluding tert-OH is 1. The Balaban J connectivity index is 1.71. The standard InChI is InChI=1S/C22H20F3NO3/c1-14(27)6-7-16-4-3-5-19(12-16)28-13-20-15(2)29-21(26-20)17-8-10-18(11-9-17)22(23,24)25/h3-12,14,27H,13H2,1-2H3. The van der Waals surface area contributed by atoms with E-state index in [-0.39, 0.29) is 12.5 Å². The Hall–Kier alpha value is -3.06. The lowest BCUT2D eigenvalue weighted by Crippen LogP contribution is -2.04. The topological polar surface area (TPSA) is 55.5 Å². The summed E-state index contributed by atoms with van der Waals surface area (Å²) in [5.74, 6) is 1.39. The molecular formula is C22H20F3NO3. The van der Waals surface area contributed by atoms with E-state index in [0.717, 1.165) is 17.7 Å². The Morgan fingerprint density at radius 2 is 1.90 bits per heavy atom. The predicted octanol–water partition coefficient (Wildman–Crippen LogP) is 5.64. The number of ether oxygens (including phenoxy) is 1. The van der Waals surface area contributed by atoms with Crippen molar-refractivity contribution in [3.63, 3.8) is 0 Å². The number of nitrogens with zero attached hydrogens (tertiary/aromatic N) is 1. The number of rotatable bonds is 6. The molecule has 29 heavy (non-hydrogen) atoms. The van der Waals surface area contributed by atoms with Crippen molar-refractivity contribution in [3.8, 4) is 17.2 Å². The zero-order valence-electron chi connectivity index (χ0n) is 15.9. The Labute approximate surface area is 166 Å². The highest BCUT2D eigenvalue weighted by Crippen LogP contribution is 2.31. The molecule has 1 atom stereocenters. The van der Waals surface area contributed by atoms with Crippen LogP contribution in [0.3, 0.4) is 0 Å². The second-order valence-electron chi connectivity index (χ2n) is 6.56. The average Bonchev–Trinajstić information content (AvgIpc) is 3.05. The van der Waals surface area contributed by atoms with Crippen LogP contribution in [0.2, 0.25) is 0 Å². The lowest BCUT2D eigenvalue weighted by molar-refractivity contribution is -0.137. The first-order valence-corrected chi connectivity index (χ1v) is 8.95. The molecule has 0 fully saturated rings. The minimum Gasteiger partial charge on any atom is -0.487 e. The molecule has 0 radical (unpaired) electrons. The zero-order valence-corrected chi connectivity index (χ0v) is 15.9. The van der Waals surface area contributed by atoms with Gasteiger partial charge in [0.1, 0.15) is 23.8 Å². The Bertz CT molecular complexity index is 989. The maximum Gasteiger partial charge on any atom is 0.416 e. The van der Waals surface area contributed by atoms with E-state index in [1.165, 1.54) is 12.1 Å². The van der Waals surface area contributed by atoms with Gasteiger partial charge in [0.05, 0.1) is 11.7 Å². The fourth-order valence-electron chi connectivity index (χ4n) is 2.60. The summed E-state index contributed by atoms with van der Waals surface area (Å²) in [7, 11) is 0. The summed E-state index contributed by atoms with van der Waals surface area (Å²) in [6.45, 7) is 3.54. The average molecular weight is 403 g/mol. The molecule has 1 aromatic heterocycles. The van der Waals surface area contributed by atoms with E-state index in [4.69, 9.17) is 9.15 Å². The van der Waals surface area contributed by atoms with Gasteiger partial charge in [-0.2, -0.15) is 13.2 Å². The lowest BCUT2D eigenvalue weighted by atomic mass is 10.1. The van der Waals surface area contributed by atoms with Crippen molar-refractivity contribution in [2.24, 2.45) is 0 Å². The van der Waals surface area contributed by atoms with Crippen LogP contribution >= 0.6 is 0 Å². The van der Waals surface area contributed by atoms with E-state index >= 15 is 0 Å². The molecule has 7 heteroatoms. The van der Waals surface area contributed by atoms with Gasteiger partial charge in [0, 0.05) is 5.56 Å². The van der Waals surface area contributed by atoms with Crippen LogP contribution in [-0.4, -0.2) is 16.2 Å². The van der Waals surface area contributed by atoms with Crippen molar-refractivity contribution >= 4 is 6.08 Å². The molecule has 0 aliphatic heterocycles. The van der Waals surface area contributed by atoms with Crippen LogP contribution in [0.4, 0.5) is 13.2 Å². The fourth-order valence-corrected chi connectivity index (χ4v) is 2.60. The lowest BCUT2D eigenvalue weighted by Gasteiger charge is -2.06. The number of alkyl halides is 3. The van der Waals surface area contributed by atoms with E-state index in [1.807, 2.05) is 18.2 Å². The Morgan fingerprint density at radius 3 is 2.55 bits per heavy atom. The molecule has 1 N–H and O–H groups in total. The smallest absolute Gasteiger partial charge is 0.416 e. The minimum absolute atomic E-state index is 0.152. The third-order valence-electron chi connectivity index (χ3n) is 4.15. The highest BCUT2D eigenvalue weighted by Gasteiger charge is 2.30. The molecule has 3 aromatic rings. The molecule has 0 saturated heterocycles. The van der Waals surface area contributed by atoms with E-state index in [2.05, 4.69) is 4.98 Å². The van der Waals surface area contributed by atoms with E-state index in [1.54, 1.807) is 32.1 Å². The van der Waals surface area contributed by atoms with Crippen LogP contribution in [0.5, 0.6) is 5.75 Å². The molecular weight excluding hydrogens is 383 g/mol. The molecule has 0 amide bonds. The van der Waals surface area contributed by atoms with Gasteiger partial charge in [0.15, 0.2) is 0 Å². The summed E-state index contributed by atoms with van der Waals surface area (Å²) < 4.78 is 49.4. The second-order valence-corrected chi connectivity index (χ2v) is 6.56. The van der Waals surface area contributed by atoms with E-state index in [0.29, 0.717) is 22.8 Å². The Kier molecular flexibility index (Phi) is 6.08. The van der Waals surface area contributed by atoms with Crippen molar-refractivity contribution in [1.29, 1.82) is 0 Å². The van der Waals surface area contributed by atoms with Crippen LogP contribution in [-0.2, 0) is 12.8 Å². The maximum atomic E-state index is 12.7. The highest BCUT2D eigenvalue weighted by atomic mass is 19.4. The summed E-state index contributed by atoms with van der Waals surface area (Å²) in [5.41, 5.74) is 1.17. The van der Waals surface area contributed by atoms with Gasteiger partial charge < -0.3 is 14.3 Å². The normalized spacial score (nSPS) is 13.0. The first kappa shape index (κ1) is 20.7.